The standard InChI is InChI=1S/C17H26N4OS2/c1-19(2)17-18-10-16(24-17)12-20-6-7-21(14(11-20)5-8-22)13-15-4-3-9-23-15/h3-4,9-10,14,22H,5-8,11-13H2,1-2H3/t14-/m1/s1. The maximum atomic E-state index is 9.45. The average Bonchev–Trinajstić information content (AvgIpc) is 3.22. The Morgan fingerprint density at radius 3 is 2.83 bits per heavy atom. The van der Waals surface area contributed by atoms with Crippen molar-refractivity contribution in [2.75, 3.05) is 45.2 Å². The summed E-state index contributed by atoms with van der Waals surface area (Å²) in [6.07, 6.45) is 2.84. The summed E-state index contributed by atoms with van der Waals surface area (Å²) in [5, 5.41) is 12.6. The van der Waals surface area contributed by atoms with E-state index < -0.39 is 0 Å². The van der Waals surface area contributed by atoms with Crippen molar-refractivity contribution in [3.63, 3.8) is 0 Å². The van der Waals surface area contributed by atoms with Crippen molar-refractivity contribution in [3.8, 4) is 0 Å². The zero-order valence-corrected chi connectivity index (χ0v) is 16.0. The molecule has 0 unspecified atom stereocenters. The van der Waals surface area contributed by atoms with Crippen LogP contribution >= 0.6 is 22.7 Å². The fraction of sp³-hybridized carbons (Fsp3) is 0.588. The highest BCUT2D eigenvalue weighted by molar-refractivity contribution is 7.15. The second-order valence-electron chi connectivity index (χ2n) is 6.45. The first-order chi connectivity index (χ1) is 11.7. The van der Waals surface area contributed by atoms with E-state index in [4.69, 9.17) is 0 Å². The molecule has 5 nitrogen and oxygen atoms in total. The molecule has 132 valence electrons. The van der Waals surface area contributed by atoms with E-state index in [9.17, 15) is 5.11 Å². The van der Waals surface area contributed by atoms with Crippen LogP contribution in [0.15, 0.2) is 23.7 Å². The third-order valence-corrected chi connectivity index (χ3v) is 6.40. The lowest BCUT2D eigenvalue weighted by Gasteiger charge is -2.41. The van der Waals surface area contributed by atoms with Gasteiger partial charge in [-0.2, -0.15) is 0 Å². The van der Waals surface area contributed by atoms with Gasteiger partial charge in [0.25, 0.3) is 0 Å². The van der Waals surface area contributed by atoms with Crippen LogP contribution < -0.4 is 4.90 Å². The Bertz CT molecular complexity index is 614. The zero-order chi connectivity index (χ0) is 16.9. The van der Waals surface area contributed by atoms with Gasteiger partial charge in [-0.05, 0) is 17.9 Å². The minimum Gasteiger partial charge on any atom is -0.396 e. The quantitative estimate of drug-likeness (QED) is 0.815. The molecule has 3 rings (SSSR count). The number of thiophene rings is 1. The Balaban J connectivity index is 1.59. The highest BCUT2D eigenvalue weighted by Gasteiger charge is 2.27. The molecule has 0 bridgehead atoms. The summed E-state index contributed by atoms with van der Waals surface area (Å²) >= 11 is 3.58. The van der Waals surface area contributed by atoms with Gasteiger partial charge in [-0.25, -0.2) is 4.98 Å². The van der Waals surface area contributed by atoms with E-state index in [1.54, 1.807) is 11.3 Å². The SMILES string of the molecule is CN(C)c1ncc(CN2CCN(Cc3cccs3)[C@H](CCO)C2)s1. The van der Waals surface area contributed by atoms with E-state index in [0.29, 0.717) is 6.04 Å². The zero-order valence-electron chi connectivity index (χ0n) is 14.4. The maximum absolute atomic E-state index is 9.45. The molecule has 7 heteroatoms. The number of thiazole rings is 1. The van der Waals surface area contributed by atoms with Crippen LogP contribution in [0.25, 0.3) is 0 Å². The lowest BCUT2D eigenvalue weighted by atomic mass is 10.1. The molecule has 2 aromatic rings. The van der Waals surface area contributed by atoms with E-state index in [-0.39, 0.29) is 6.61 Å². The van der Waals surface area contributed by atoms with Gasteiger partial charge in [-0.15, -0.1) is 22.7 Å². The molecule has 2 aromatic heterocycles. The van der Waals surface area contributed by atoms with Crippen molar-refractivity contribution in [1.29, 1.82) is 0 Å². The molecule has 1 aliphatic heterocycles. The van der Waals surface area contributed by atoms with Crippen LogP contribution in [-0.4, -0.2) is 66.3 Å². The van der Waals surface area contributed by atoms with E-state index >= 15 is 0 Å². The van der Waals surface area contributed by atoms with Crippen LogP contribution in [-0.2, 0) is 13.1 Å². The molecule has 0 aliphatic carbocycles. The lowest BCUT2D eigenvalue weighted by Crippen LogP contribution is -2.52. The van der Waals surface area contributed by atoms with Crippen LogP contribution in [0.3, 0.4) is 0 Å². The van der Waals surface area contributed by atoms with Crippen molar-refractivity contribution in [3.05, 3.63) is 33.5 Å². The predicted molar refractivity (Wildman–Crippen MR) is 102 cm³/mol. The van der Waals surface area contributed by atoms with Gasteiger partial charge in [0.1, 0.15) is 0 Å². The van der Waals surface area contributed by atoms with Crippen molar-refractivity contribution >= 4 is 27.8 Å². The molecule has 1 saturated heterocycles. The summed E-state index contributed by atoms with van der Waals surface area (Å²) < 4.78 is 0. The number of hydrogen-bond acceptors (Lipinski definition) is 7. The topological polar surface area (TPSA) is 42.8 Å². The second kappa shape index (κ2) is 8.40. The molecule has 0 spiro atoms. The summed E-state index contributed by atoms with van der Waals surface area (Å²) in [6, 6.07) is 4.74. The van der Waals surface area contributed by atoms with Gasteiger partial charge >= 0.3 is 0 Å². The van der Waals surface area contributed by atoms with E-state index in [1.807, 2.05) is 31.6 Å². The first-order valence-corrected chi connectivity index (χ1v) is 10.1. The number of hydrogen-bond donors (Lipinski definition) is 1. The monoisotopic (exact) mass is 366 g/mol. The lowest BCUT2D eigenvalue weighted by molar-refractivity contribution is 0.0511. The highest BCUT2D eigenvalue weighted by Crippen LogP contribution is 2.24. The van der Waals surface area contributed by atoms with Crippen molar-refractivity contribution in [2.45, 2.75) is 25.6 Å². The number of rotatable bonds is 7. The second-order valence-corrected chi connectivity index (χ2v) is 8.58. The predicted octanol–water partition coefficient (Wildman–Crippen LogP) is 2.34. The minimum atomic E-state index is 0.255. The summed E-state index contributed by atoms with van der Waals surface area (Å²) in [5.74, 6) is 0. The van der Waals surface area contributed by atoms with Crippen LogP contribution in [0.2, 0.25) is 0 Å². The van der Waals surface area contributed by atoms with Crippen molar-refractivity contribution in [1.82, 2.24) is 14.8 Å². The van der Waals surface area contributed by atoms with Gasteiger partial charge in [0, 0.05) is 75.4 Å². The number of aliphatic hydroxyl groups excluding tert-OH is 1. The van der Waals surface area contributed by atoms with Gasteiger partial charge in [0.2, 0.25) is 0 Å². The van der Waals surface area contributed by atoms with Crippen LogP contribution in [0.1, 0.15) is 16.2 Å². The normalized spacial score (nSPS) is 19.7. The Kier molecular flexibility index (Phi) is 6.24. The minimum absolute atomic E-state index is 0.255. The Hall–Kier alpha value is -0.990. The average molecular weight is 367 g/mol. The summed E-state index contributed by atoms with van der Waals surface area (Å²) in [5.41, 5.74) is 0. The molecule has 0 aromatic carbocycles. The van der Waals surface area contributed by atoms with E-state index in [0.717, 1.165) is 44.3 Å². The van der Waals surface area contributed by atoms with Crippen LogP contribution in [0.5, 0.6) is 0 Å². The van der Waals surface area contributed by atoms with E-state index in [2.05, 4.69) is 37.2 Å². The molecule has 1 aliphatic rings. The molecule has 0 radical (unpaired) electrons. The van der Waals surface area contributed by atoms with Gasteiger partial charge in [-0.1, -0.05) is 6.07 Å². The fourth-order valence-electron chi connectivity index (χ4n) is 3.13. The van der Waals surface area contributed by atoms with E-state index in [1.165, 1.54) is 9.75 Å². The summed E-state index contributed by atoms with van der Waals surface area (Å²) in [6.45, 7) is 5.36. The molecule has 1 fully saturated rings. The molecule has 1 N–H and O–H groups in total. The third kappa shape index (κ3) is 4.55. The summed E-state index contributed by atoms with van der Waals surface area (Å²) in [7, 11) is 4.06. The Morgan fingerprint density at radius 2 is 2.17 bits per heavy atom. The number of piperazine rings is 1. The van der Waals surface area contributed by atoms with Gasteiger partial charge in [-0.3, -0.25) is 9.80 Å². The van der Waals surface area contributed by atoms with Gasteiger partial charge in [0.15, 0.2) is 5.13 Å². The van der Waals surface area contributed by atoms with Crippen LogP contribution in [0, 0.1) is 0 Å². The molecule has 1 atom stereocenters. The maximum Gasteiger partial charge on any atom is 0.185 e. The number of nitrogens with zero attached hydrogens (tertiary/aromatic N) is 4. The fourth-order valence-corrected chi connectivity index (χ4v) is 4.74. The Morgan fingerprint density at radius 1 is 1.29 bits per heavy atom. The first kappa shape index (κ1) is 17.8. The number of aromatic nitrogens is 1. The molecule has 0 saturated carbocycles. The van der Waals surface area contributed by atoms with Gasteiger partial charge in [0.05, 0.1) is 0 Å². The van der Waals surface area contributed by atoms with Crippen molar-refractivity contribution < 1.29 is 5.11 Å². The first-order valence-electron chi connectivity index (χ1n) is 8.37. The smallest absolute Gasteiger partial charge is 0.185 e. The molecule has 0 amide bonds. The van der Waals surface area contributed by atoms with Gasteiger partial charge < -0.3 is 10.0 Å². The largest absolute Gasteiger partial charge is 0.396 e. The molecule has 3 heterocycles. The number of aliphatic hydroxyl groups is 1. The number of anilines is 1. The molecular formula is C17H26N4OS2. The Labute approximate surface area is 152 Å². The summed E-state index contributed by atoms with van der Waals surface area (Å²) in [4.78, 5) is 14.3. The third-order valence-electron chi connectivity index (χ3n) is 4.39. The molecular weight excluding hydrogens is 340 g/mol. The molecule has 24 heavy (non-hydrogen) atoms. The van der Waals surface area contributed by atoms with Crippen molar-refractivity contribution in [2.24, 2.45) is 0 Å². The highest BCUT2D eigenvalue weighted by atomic mass is 32.1. The van der Waals surface area contributed by atoms with Crippen LogP contribution in [0.4, 0.5) is 5.13 Å².